The van der Waals surface area contributed by atoms with Crippen molar-refractivity contribution in [3.63, 3.8) is 0 Å². The number of amides is 1. The van der Waals surface area contributed by atoms with Gasteiger partial charge < -0.3 is 4.90 Å². The summed E-state index contributed by atoms with van der Waals surface area (Å²) in [7, 11) is 1.89. The van der Waals surface area contributed by atoms with Gasteiger partial charge in [-0.25, -0.2) is 0 Å². The third-order valence-corrected chi connectivity index (χ3v) is 3.99. The van der Waals surface area contributed by atoms with Crippen molar-refractivity contribution in [1.29, 1.82) is 0 Å². The van der Waals surface area contributed by atoms with E-state index < -0.39 is 0 Å². The average molecular weight is 288 g/mol. The van der Waals surface area contributed by atoms with Crippen LogP contribution < -0.4 is 0 Å². The van der Waals surface area contributed by atoms with Crippen LogP contribution in [-0.2, 0) is 18.4 Å². The second-order valence-electron chi connectivity index (χ2n) is 5.54. The zero-order valence-corrected chi connectivity index (χ0v) is 12.9. The molecule has 0 bridgehead atoms. The number of fused-ring (bicyclic) bond motifs is 1. The lowest BCUT2D eigenvalue weighted by Crippen LogP contribution is -2.42. The van der Waals surface area contributed by atoms with E-state index in [1.807, 2.05) is 36.4 Å². The molecule has 21 heavy (non-hydrogen) atoms. The van der Waals surface area contributed by atoms with E-state index in [9.17, 15) is 4.79 Å². The van der Waals surface area contributed by atoms with Gasteiger partial charge in [0.1, 0.15) is 11.7 Å². The van der Waals surface area contributed by atoms with Gasteiger partial charge in [-0.3, -0.25) is 14.0 Å². The van der Waals surface area contributed by atoms with Crippen LogP contribution in [0.2, 0.25) is 0 Å². The topological polar surface area (TPSA) is 68.8 Å². The SMILES string of the molecule is CCCN1Cc2nnc(-c3cc(C)n(C)n3)n2[C@H](C)C1=O. The lowest BCUT2D eigenvalue weighted by atomic mass is 10.2. The van der Waals surface area contributed by atoms with Crippen molar-refractivity contribution in [2.24, 2.45) is 7.05 Å². The molecule has 0 fully saturated rings. The molecular weight excluding hydrogens is 268 g/mol. The molecule has 1 atom stereocenters. The number of hydrogen-bond acceptors (Lipinski definition) is 4. The molecule has 0 N–H and O–H groups in total. The molecule has 0 unspecified atom stereocenters. The smallest absolute Gasteiger partial charge is 0.245 e. The Morgan fingerprint density at radius 3 is 2.76 bits per heavy atom. The lowest BCUT2D eigenvalue weighted by Gasteiger charge is -2.31. The summed E-state index contributed by atoms with van der Waals surface area (Å²) >= 11 is 0. The number of rotatable bonds is 3. The van der Waals surface area contributed by atoms with Gasteiger partial charge in [-0.15, -0.1) is 10.2 Å². The molecule has 2 aromatic heterocycles. The van der Waals surface area contributed by atoms with Gasteiger partial charge in [-0.1, -0.05) is 6.92 Å². The molecule has 3 heterocycles. The second kappa shape index (κ2) is 4.98. The van der Waals surface area contributed by atoms with Crippen molar-refractivity contribution >= 4 is 5.91 Å². The number of hydrogen-bond donors (Lipinski definition) is 0. The van der Waals surface area contributed by atoms with E-state index in [1.54, 1.807) is 4.68 Å². The molecular formula is C14H20N6O. The first kappa shape index (κ1) is 13.8. The van der Waals surface area contributed by atoms with E-state index in [0.29, 0.717) is 12.4 Å². The van der Waals surface area contributed by atoms with Gasteiger partial charge in [0.2, 0.25) is 5.91 Å². The summed E-state index contributed by atoms with van der Waals surface area (Å²) in [6, 6.07) is 1.68. The Labute approximate surface area is 123 Å². The third-order valence-electron chi connectivity index (χ3n) is 3.99. The van der Waals surface area contributed by atoms with Gasteiger partial charge in [0.05, 0.1) is 6.54 Å². The maximum Gasteiger partial charge on any atom is 0.245 e. The molecule has 112 valence electrons. The molecule has 1 aliphatic heterocycles. The fourth-order valence-electron chi connectivity index (χ4n) is 2.77. The van der Waals surface area contributed by atoms with Crippen LogP contribution in [0.25, 0.3) is 11.5 Å². The van der Waals surface area contributed by atoms with Crippen molar-refractivity contribution in [2.75, 3.05) is 6.54 Å². The van der Waals surface area contributed by atoms with E-state index in [0.717, 1.165) is 30.2 Å². The highest BCUT2D eigenvalue weighted by Gasteiger charge is 2.33. The van der Waals surface area contributed by atoms with Crippen LogP contribution in [0.4, 0.5) is 0 Å². The number of aryl methyl sites for hydroxylation is 2. The Kier molecular flexibility index (Phi) is 3.27. The van der Waals surface area contributed by atoms with Crippen molar-refractivity contribution in [3.8, 4) is 11.5 Å². The van der Waals surface area contributed by atoms with Gasteiger partial charge in [0.15, 0.2) is 11.6 Å². The molecule has 0 radical (unpaired) electrons. The molecule has 7 heteroatoms. The summed E-state index contributed by atoms with van der Waals surface area (Å²) in [5.41, 5.74) is 1.81. The van der Waals surface area contributed by atoms with Crippen LogP contribution in [0, 0.1) is 6.92 Å². The fraction of sp³-hybridized carbons (Fsp3) is 0.571. The predicted octanol–water partition coefficient (Wildman–Crippen LogP) is 1.30. The zero-order valence-electron chi connectivity index (χ0n) is 12.9. The summed E-state index contributed by atoms with van der Waals surface area (Å²) < 4.78 is 3.71. The summed E-state index contributed by atoms with van der Waals surface area (Å²) in [5, 5.41) is 13.0. The number of carbonyl (C=O) groups is 1. The summed E-state index contributed by atoms with van der Waals surface area (Å²) in [6.45, 7) is 7.24. The van der Waals surface area contributed by atoms with Crippen LogP contribution in [0.1, 0.15) is 37.8 Å². The number of nitrogens with zero attached hydrogens (tertiary/aromatic N) is 6. The highest BCUT2D eigenvalue weighted by molar-refractivity contribution is 5.81. The average Bonchev–Trinajstić information content (AvgIpc) is 3.00. The molecule has 2 aromatic rings. The van der Waals surface area contributed by atoms with Gasteiger partial charge in [-0.05, 0) is 26.3 Å². The van der Waals surface area contributed by atoms with Crippen molar-refractivity contribution in [2.45, 2.75) is 39.8 Å². The van der Waals surface area contributed by atoms with Crippen LogP contribution >= 0.6 is 0 Å². The first-order valence-corrected chi connectivity index (χ1v) is 7.26. The Balaban J connectivity index is 2.03. The molecule has 0 spiro atoms. The van der Waals surface area contributed by atoms with E-state index in [2.05, 4.69) is 22.2 Å². The third kappa shape index (κ3) is 2.12. The predicted molar refractivity (Wildman–Crippen MR) is 77.4 cm³/mol. The highest BCUT2D eigenvalue weighted by Crippen LogP contribution is 2.27. The second-order valence-corrected chi connectivity index (χ2v) is 5.54. The zero-order chi connectivity index (χ0) is 15.1. The first-order chi connectivity index (χ1) is 10.0. The van der Waals surface area contributed by atoms with Gasteiger partial charge in [-0.2, -0.15) is 5.10 Å². The molecule has 0 aliphatic carbocycles. The Bertz CT molecular complexity index is 666. The minimum atomic E-state index is -0.285. The van der Waals surface area contributed by atoms with Crippen LogP contribution in [0.5, 0.6) is 0 Å². The van der Waals surface area contributed by atoms with Crippen molar-refractivity contribution < 1.29 is 4.79 Å². The normalized spacial score (nSPS) is 18.2. The minimum Gasteiger partial charge on any atom is -0.333 e. The van der Waals surface area contributed by atoms with E-state index in [4.69, 9.17) is 0 Å². The van der Waals surface area contributed by atoms with Crippen molar-refractivity contribution in [3.05, 3.63) is 17.6 Å². The number of aromatic nitrogens is 5. The van der Waals surface area contributed by atoms with E-state index >= 15 is 0 Å². The van der Waals surface area contributed by atoms with E-state index in [1.165, 1.54) is 0 Å². The van der Waals surface area contributed by atoms with Gasteiger partial charge >= 0.3 is 0 Å². The summed E-state index contributed by atoms with van der Waals surface area (Å²) in [6.07, 6.45) is 0.943. The van der Waals surface area contributed by atoms with Gasteiger partial charge in [0, 0.05) is 19.3 Å². The maximum atomic E-state index is 12.5. The van der Waals surface area contributed by atoms with Crippen molar-refractivity contribution in [1.82, 2.24) is 29.4 Å². The lowest BCUT2D eigenvalue weighted by molar-refractivity contribution is -0.136. The maximum absolute atomic E-state index is 12.5. The molecule has 0 saturated heterocycles. The Morgan fingerprint density at radius 2 is 2.14 bits per heavy atom. The molecule has 0 aromatic carbocycles. The largest absolute Gasteiger partial charge is 0.333 e. The molecule has 7 nitrogen and oxygen atoms in total. The first-order valence-electron chi connectivity index (χ1n) is 7.26. The molecule has 1 amide bonds. The van der Waals surface area contributed by atoms with Crippen LogP contribution in [0.15, 0.2) is 6.07 Å². The number of carbonyl (C=O) groups excluding carboxylic acids is 1. The van der Waals surface area contributed by atoms with E-state index in [-0.39, 0.29) is 11.9 Å². The van der Waals surface area contributed by atoms with Crippen LogP contribution in [-0.4, -0.2) is 41.9 Å². The molecule has 3 rings (SSSR count). The standard InChI is InChI=1S/C14H20N6O/c1-5-6-19-8-12-15-16-13(20(12)10(3)14(19)21)11-7-9(2)18(4)17-11/h7,10H,5-6,8H2,1-4H3/t10-/m1/s1. The highest BCUT2D eigenvalue weighted by atomic mass is 16.2. The molecule has 0 saturated carbocycles. The summed E-state index contributed by atoms with van der Waals surface area (Å²) in [4.78, 5) is 14.3. The quantitative estimate of drug-likeness (QED) is 0.853. The minimum absolute atomic E-state index is 0.123. The fourth-order valence-corrected chi connectivity index (χ4v) is 2.77. The Morgan fingerprint density at radius 1 is 1.38 bits per heavy atom. The summed E-state index contributed by atoms with van der Waals surface area (Å²) in [5.74, 6) is 1.62. The Hall–Kier alpha value is -2.18. The molecule has 1 aliphatic rings. The monoisotopic (exact) mass is 288 g/mol. The van der Waals surface area contributed by atoms with Gasteiger partial charge in [0.25, 0.3) is 0 Å². The van der Waals surface area contributed by atoms with Crippen LogP contribution in [0.3, 0.4) is 0 Å².